The number of hydrogen-bond acceptors (Lipinski definition) is 7. The average molecular weight is 438 g/mol. The lowest BCUT2D eigenvalue weighted by Gasteiger charge is -2.17. The summed E-state index contributed by atoms with van der Waals surface area (Å²) in [6.45, 7) is -0.665. The molecule has 3 aromatic carbocycles. The molecule has 0 radical (unpaired) electrons. The van der Waals surface area contributed by atoms with Crippen molar-refractivity contribution in [2.24, 2.45) is 0 Å². The number of para-hydroxylation sites is 2. The van der Waals surface area contributed by atoms with Gasteiger partial charge in [0.15, 0.2) is 19.0 Å². The number of likely N-dealkylation sites (N-methyl/N-ethyl adjacent to an activating group) is 1. The van der Waals surface area contributed by atoms with Crippen molar-refractivity contribution in [2.45, 2.75) is 6.54 Å². The van der Waals surface area contributed by atoms with Gasteiger partial charge in [-0.1, -0.05) is 30.3 Å². The van der Waals surface area contributed by atoms with E-state index in [-0.39, 0.29) is 17.3 Å². The van der Waals surface area contributed by atoms with Gasteiger partial charge in [-0.25, -0.2) is 4.79 Å². The summed E-state index contributed by atoms with van der Waals surface area (Å²) in [5, 5.41) is 13.0. The zero-order valence-corrected chi connectivity index (χ0v) is 17.6. The molecule has 166 valence electrons. The van der Waals surface area contributed by atoms with Crippen molar-refractivity contribution >= 4 is 28.3 Å². The Morgan fingerprint density at radius 3 is 2.47 bits per heavy atom. The lowest BCUT2D eigenvalue weighted by atomic mass is 10.1. The molecule has 32 heavy (non-hydrogen) atoms. The van der Waals surface area contributed by atoms with Crippen LogP contribution in [0.3, 0.4) is 0 Å². The molecule has 0 aliphatic rings. The molecule has 3 aromatic rings. The molecule has 1 amide bonds. The van der Waals surface area contributed by atoms with Crippen LogP contribution >= 0.6 is 0 Å². The second-order valence-corrected chi connectivity index (χ2v) is 6.97. The van der Waals surface area contributed by atoms with Crippen LogP contribution in [0.1, 0.15) is 5.56 Å². The molecule has 0 aliphatic carbocycles. The fourth-order valence-corrected chi connectivity index (χ4v) is 3.02. The maximum absolute atomic E-state index is 12.3. The quantitative estimate of drug-likeness (QED) is 0.286. The highest BCUT2D eigenvalue weighted by Crippen LogP contribution is 2.25. The fraction of sp³-hybridized carbons (Fsp3) is 0.217. The SMILES string of the molecule is COc1ccc2cc(CN(C)C(=O)COC(=O)COc3ccccc3[N+](=O)[O-])ccc2c1. The van der Waals surface area contributed by atoms with E-state index in [1.807, 2.05) is 36.4 Å². The molecule has 0 N–H and O–H groups in total. The van der Waals surface area contributed by atoms with Gasteiger partial charge in [0.25, 0.3) is 5.91 Å². The van der Waals surface area contributed by atoms with Gasteiger partial charge in [-0.15, -0.1) is 0 Å². The number of nitro benzene ring substituents is 1. The van der Waals surface area contributed by atoms with Crippen molar-refractivity contribution in [3.05, 3.63) is 76.3 Å². The topological polar surface area (TPSA) is 108 Å². The number of fused-ring (bicyclic) bond motifs is 1. The minimum atomic E-state index is -0.801. The summed E-state index contributed by atoms with van der Waals surface area (Å²) in [6, 6.07) is 17.3. The number of nitro groups is 1. The average Bonchev–Trinajstić information content (AvgIpc) is 2.80. The Morgan fingerprint density at radius 2 is 1.72 bits per heavy atom. The molecule has 9 heteroatoms. The zero-order chi connectivity index (χ0) is 23.1. The highest BCUT2D eigenvalue weighted by molar-refractivity contribution is 5.85. The van der Waals surface area contributed by atoms with Gasteiger partial charge in [-0.3, -0.25) is 14.9 Å². The van der Waals surface area contributed by atoms with E-state index in [4.69, 9.17) is 14.2 Å². The van der Waals surface area contributed by atoms with Gasteiger partial charge < -0.3 is 19.1 Å². The van der Waals surface area contributed by atoms with Crippen LogP contribution in [0.25, 0.3) is 10.8 Å². The van der Waals surface area contributed by atoms with E-state index < -0.39 is 24.1 Å². The molecule has 0 bridgehead atoms. The number of benzene rings is 3. The number of hydrogen-bond donors (Lipinski definition) is 0. The van der Waals surface area contributed by atoms with E-state index in [9.17, 15) is 19.7 Å². The molecule has 0 atom stereocenters. The van der Waals surface area contributed by atoms with Crippen molar-refractivity contribution in [1.82, 2.24) is 4.90 Å². The van der Waals surface area contributed by atoms with E-state index in [0.29, 0.717) is 6.54 Å². The molecule has 0 heterocycles. The third kappa shape index (κ3) is 5.72. The van der Waals surface area contributed by atoms with E-state index in [1.165, 1.54) is 23.1 Å². The van der Waals surface area contributed by atoms with Crippen LogP contribution in [0.15, 0.2) is 60.7 Å². The van der Waals surface area contributed by atoms with Crippen LogP contribution in [-0.4, -0.2) is 49.1 Å². The molecular formula is C23H22N2O7. The molecule has 0 unspecified atom stereocenters. The predicted octanol–water partition coefficient (Wildman–Crippen LogP) is 3.34. The number of rotatable bonds is 9. The van der Waals surface area contributed by atoms with Crippen LogP contribution in [0.5, 0.6) is 11.5 Å². The molecule has 0 saturated heterocycles. The molecule has 9 nitrogen and oxygen atoms in total. The van der Waals surface area contributed by atoms with E-state index in [1.54, 1.807) is 20.2 Å². The first-order chi connectivity index (χ1) is 15.4. The second kappa shape index (κ2) is 10.3. The summed E-state index contributed by atoms with van der Waals surface area (Å²) in [4.78, 5) is 36.0. The van der Waals surface area contributed by atoms with Crippen LogP contribution in [0.4, 0.5) is 5.69 Å². The smallest absolute Gasteiger partial charge is 0.344 e. The van der Waals surface area contributed by atoms with Crippen molar-refractivity contribution < 1.29 is 28.7 Å². The lowest BCUT2D eigenvalue weighted by Crippen LogP contribution is -2.31. The highest BCUT2D eigenvalue weighted by atomic mass is 16.6. The van der Waals surface area contributed by atoms with E-state index in [2.05, 4.69) is 0 Å². The molecule has 3 rings (SSSR count). The summed E-state index contributed by atoms with van der Waals surface area (Å²) in [5.41, 5.74) is 0.662. The first-order valence-corrected chi connectivity index (χ1v) is 9.70. The van der Waals surface area contributed by atoms with Gasteiger partial charge in [-0.05, 0) is 40.6 Å². The third-order valence-corrected chi connectivity index (χ3v) is 4.72. The van der Waals surface area contributed by atoms with Gasteiger partial charge in [0.2, 0.25) is 0 Å². The fourth-order valence-electron chi connectivity index (χ4n) is 3.02. The molecule has 0 spiro atoms. The van der Waals surface area contributed by atoms with E-state index in [0.717, 1.165) is 22.1 Å². The zero-order valence-electron chi connectivity index (χ0n) is 17.6. The van der Waals surface area contributed by atoms with Gasteiger partial charge in [0.05, 0.1) is 12.0 Å². The van der Waals surface area contributed by atoms with Crippen LogP contribution in [0.2, 0.25) is 0 Å². The standard InChI is InChI=1S/C23H22N2O7/c1-24(13-16-7-8-18-12-19(30-2)10-9-17(18)11-16)22(26)14-32-23(27)15-31-21-6-4-3-5-20(21)25(28)29/h3-12H,13-15H2,1-2H3. The Morgan fingerprint density at radius 1 is 1.00 bits per heavy atom. The summed E-state index contributed by atoms with van der Waals surface area (Å²) >= 11 is 0. The van der Waals surface area contributed by atoms with Gasteiger partial charge in [0.1, 0.15) is 5.75 Å². The van der Waals surface area contributed by atoms with Crippen molar-refractivity contribution in [1.29, 1.82) is 0 Å². The molecular weight excluding hydrogens is 416 g/mol. The largest absolute Gasteiger partial charge is 0.497 e. The number of carbonyl (C=O) groups excluding carboxylic acids is 2. The van der Waals surface area contributed by atoms with Gasteiger partial charge >= 0.3 is 11.7 Å². The van der Waals surface area contributed by atoms with Crippen LogP contribution in [0, 0.1) is 10.1 Å². The Bertz CT molecular complexity index is 1150. The first kappa shape index (κ1) is 22.5. The van der Waals surface area contributed by atoms with E-state index >= 15 is 0 Å². The minimum absolute atomic E-state index is 0.0492. The number of ether oxygens (including phenoxy) is 3. The molecule has 0 fully saturated rings. The monoisotopic (exact) mass is 438 g/mol. The van der Waals surface area contributed by atoms with Crippen molar-refractivity contribution in [3.63, 3.8) is 0 Å². The summed E-state index contributed by atoms with van der Waals surface area (Å²) in [7, 11) is 3.22. The Hall–Kier alpha value is -4.14. The molecule has 0 aromatic heterocycles. The Kier molecular flexibility index (Phi) is 7.22. The van der Waals surface area contributed by atoms with Crippen LogP contribution < -0.4 is 9.47 Å². The summed E-state index contributed by atoms with van der Waals surface area (Å²) in [5.74, 6) is -0.472. The van der Waals surface area contributed by atoms with Crippen molar-refractivity contribution in [3.8, 4) is 11.5 Å². The number of carbonyl (C=O) groups is 2. The van der Waals surface area contributed by atoms with Gasteiger partial charge in [-0.2, -0.15) is 0 Å². The third-order valence-electron chi connectivity index (χ3n) is 4.72. The van der Waals surface area contributed by atoms with Crippen molar-refractivity contribution in [2.75, 3.05) is 27.4 Å². The first-order valence-electron chi connectivity index (χ1n) is 9.70. The number of esters is 1. The molecule has 0 aliphatic heterocycles. The Labute approximate surface area is 184 Å². The number of methoxy groups -OCH3 is 1. The van der Waals surface area contributed by atoms with Gasteiger partial charge in [0, 0.05) is 19.7 Å². The Balaban J connectivity index is 1.50. The van der Waals surface area contributed by atoms with Crippen LogP contribution in [-0.2, 0) is 20.9 Å². The lowest BCUT2D eigenvalue weighted by molar-refractivity contribution is -0.385. The molecule has 0 saturated carbocycles. The minimum Gasteiger partial charge on any atom is -0.497 e. The summed E-state index contributed by atoms with van der Waals surface area (Å²) in [6.07, 6.45) is 0. The predicted molar refractivity (Wildman–Crippen MR) is 117 cm³/mol. The number of nitrogens with zero attached hydrogens (tertiary/aromatic N) is 2. The number of amides is 1. The highest BCUT2D eigenvalue weighted by Gasteiger charge is 2.17. The second-order valence-electron chi connectivity index (χ2n) is 6.97. The maximum atomic E-state index is 12.3. The normalized spacial score (nSPS) is 10.4. The maximum Gasteiger partial charge on any atom is 0.344 e. The summed E-state index contributed by atoms with van der Waals surface area (Å²) < 4.78 is 15.3.